The van der Waals surface area contributed by atoms with Gasteiger partial charge in [-0.3, -0.25) is 9.69 Å². The normalized spacial score (nSPS) is 20.2. The van der Waals surface area contributed by atoms with E-state index in [0.717, 1.165) is 38.9 Å². The number of piperidine rings is 1. The fourth-order valence-electron chi connectivity index (χ4n) is 2.54. The van der Waals surface area contributed by atoms with Crippen molar-refractivity contribution < 1.29 is 9.53 Å². The van der Waals surface area contributed by atoms with E-state index in [1.54, 1.807) is 0 Å². The molecule has 0 aromatic heterocycles. The van der Waals surface area contributed by atoms with Crippen LogP contribution in [-0.4, -0.2) is 30.1 Å². The van der Waals surface area contributed by atoms with Crippen molar-refractivity contribution in [1.29, 1.82) is 0 Å². The fraction of sp³-hybridized carbons (Fsp3) is 0.562. The SMILES string of the molecule is CCCC(=O)O[C@H]1CCCN(Cc2ccccc2)C1. The van der Waals surface area contributed by atoms with Gasteiger partial charge in [-0.1, -0.05) is 37.3 Å². The van der Waals surface area contributed by atoms with Gasteiger partial charge in [-0.05, 0) is 31.4 Å². The minimum absolute atomic E-state index is 0.0472. The summed E-state index contributed by atoms with van der Waals surface area (Å²) >= 11 is 0. The molecule has 1 atom stereocenters. The molecule has 19 heavy (non-hydrogen) atoms. The Bertz CT molecular complexity index is 391. The standard InChI is InChI=1S/C16H23NO2/c1-2-7-16(18)19-15-10-6-11-17(13-15)12-14-8-4-3-5-9-14/h3-5,8-9,15H,2,6-7,10-13H2,1H3/t15-/m0/s1. The summed E-state index contributed by atoms with van der Waals surface area (Å²) in [5.74, 6) is -0.0472. The van der Waals surface area contributed by atoms with Crippen LogP contribution in [0, 0.1) is 0 Å². The lowest BCUT2D eigenvalue weighted by Gasteiger charge is -2.32. The average molecular weight is 261 g/mol. The smallest absolute Gasteiger partial charge is 0.306 e. The lowest BCUT2D eigenvalue weighted by atomic mass is 10.1. The van der Waals surface area contributed by atoms with Gasteiger partial charge < -0.3 is 4.74 Å². The Morgan fingerprint density at radius 3 is 2.89 bits per heavy atom. The van der Waals surface area contributed by atoms with E-state index in [9.17, 15) is 4.79 Å². The predicted molar refractivity (Wildman–Crippen MR) is 75.7 cm³/mol. The summed E-state index contributed by atoms with van der Waals surface area (Å²) in [7, 11) is 0. The molecule has 3 nitrogen and oxygen atoms in total. The molecule has 1 heterocycles. The first-order chi connectivity index (χ1) is 9.28. The van der Waals surface area contributed by atoms with Crippen molar-refractivity contribution in [2.45, 2.75) is 45.3 Å². The largest absolute Gasteiger partial charge is 0.461 e. The van der Waals surface area contributed by atoms with Crippen molar-refractivity contribution in [2.24, 2.45) is 0 Å². The van der Waals surface area contributed by atoms with Crippen molar-refractivity contribution in [3.63, 3.8) is 0 Å². The van der Waals surface area contributed by atoms with Crippen LogP contribution in [0.25, 0.3) is 0 Å². The first kappa shape index (κ1) is 14.1. The summed E-state index contributed by atoms with van der Waals surface area (Å²) < 4.78 is 5.52. The molecule has 104 valence electrons. The summed E-state index contributed by atoms with van der Waals surface area (Å²) in [4.78, 5) is 13.9. The zero-order valence-electron chi connectivity index (χ0n) is 11.7. The van der Waals surface area contributed by atoms with Crippen LogP contribution in [0.2, 0.25) is 0 Å². The minimum atomic E-state index is -0.0472. The number of hydrogen-bond donors (Lipinski definition) is 0. The van der Waals surface area contributed by atoms with Gasteiger partial charge in [0.05, 0.1) is 0 Å². The van der Waals surface area contributed by atoms with E-state index in [0.29, 0.717) is 6.42 Å². The molecule has 0 spiro atoms. The Balaban J connectivity index is 1.82. The number of ether oxygens (including phenoxy) is 1. The molecule has 0 saturated carbocycles. The van der Waals surface area contributed by atoms with Crippen LogP contribution in [0.3, 0.4) is 0 Å². The Morgan fingerprint density at radius 2 is 2.16 bits per heavy atom. The van der Waals surface area contributed by atoms with Crippen LogP contribution in [-0.2, 0) is 16.1 Å². The van der Waals surface area contributed by atoms with Crippen LogP contribution in [0.15, 0.2) is 30.3 Å². The van der Waals surface area contributed by atoms with Gasteiger partial charge in [-0.2, -0.15) is 0 Å². The Morgan fingerprint density at radius 1 is 1.37 bits per heavy atom. The van der Waals surface area contributed by atoms with Crippen molar-refractivity contribution >= 4 is 5.97 Å². The number of esters is 1. The molecule has 0 N–H and O–H groups in total. The van der Waals surface area contributed by atoms with Crippen molar-refractivity contribution in [3.05, 3.63) is 35.9 Å². The van der Waals surface area contributed by atoms with Crippen LogP contribution < -0.4 is 0 Å². The molecule has 0 aliphatic carbocycles. The molecule has 1 aliphatic rings. The number of carbonyl (C=O) groups excluding carboxylic acids is 1. The van der Waals surface area contributed by atoms with E-state index in [2.05, 4.69) is 29.2 Å². The summed E-state index contributed by atoms with van der Waals surface area (Å²) in [6.07, 6.45) is 3.59. The fourth-order valence-corrected chi connectivity index (χ4v) is 2.54. The number of likely N-dealkylation sites (tertiary alicyclic amines) is 1. The number of hydrogen-bond acceptors (Lipinski definition) is 3. The average Bonchev–Trinajstić information content (AvgIpc) is 2.40. The van der Waals surface area contributed by atoms with Gasteiger partial charge in [0.2, 0.25) is 0 Å². The molecule has 0 amide bonds. The monoisotopic (exact) mass is 261 g/mol. The lowest BCUT2D eigenvalue weighted by Crippen LogP contribution is -2.40. The second-order valence-corrected chi connectivity index (χ2v) is 5.22. The van der Waals surface area contributed by atoms with Gasteiger partial charge >= 0.3 is 5.97 Å². The summed E-state index contributed by atoms with van der Waals surface area (Å²) in [5, 5.41) is 0. The van der Waals surface area contributed by atoms with Crippen LogP contribution in [0.1, 0.15) is 38.2 Å². The molecule has 1 fully saturated rings. The molecule has 1 aromatic carbocycles. The Kier molecular flexibility index (Phi) is 5.40. The Hall–Kier alpha value is -1.35. The third-order valence-electron chi connectivity index (χ3n) is 3.46. The van der Waals surface area contributed by atoms with Crippen molar-refractivity contribution in [1.82, 2.24) is 4.90 Å². The lowest BCUT2D eigenvalue weighted by molar-refractivity contribution is -0.151. The highest BCUT2D eigenvalue weighted by atomic mass is 16.5. The first-order valence-electron chi connectivity index (χ1n) is 7.23. The van der Waals surface area contributed by atoms with Gasteiger partial charge in [0.1, 0.15) is 6.10 Å². The zero-order valence-corrected chi connectivity index (χ0v) is 11.7. The number of carbonyl (C=O) groups is 1. The number of nitrogens with zero attached hydrogens (tertiary/aromatic N) is 1. The number of benzene rings is 1. The van der Waals surface area contributed by atoms with Gasteiger partial charge in [0, 0.05) is 19.5 Å². The molecule has 0 bridgehead atoms. The topological polar surface area (TPSA) is 29.5 Å². The summed E-state index contributed by atoms with van der Waals surface area (Å²) in [6.45, 7) is 4.91. The maximum atomic E-state index is 11.5. The van der Waals surface area contributed by atoms with Crippen molar-refractivity contribution in [3.8, 4) is 0 Å². The number of rotatable bonds is 5. The first-order valence-corrected chi connectivity index (χ1v) is 7.23. The van der Waals surface area contributed by atoms with Gasteiger partial charge in [0.15, 0.2) is 0 Å². The molecule has 0 unspecified atom stereocenters. The van der Waals surface area contributed by atoms with Crippen LogP contribution >= 0.6 is 0 Å². The molecule has 2 rings (SSSR count). The highest BCUT2D eigenvalue weighted by molar-refractivity contribution is 5.69. The molecule has 1 aliphatic heterocycles. The van der Waals surface area contributed by atoms with Gasteiger partial charge in [-0.25, -0.2) is 0 Å². The third kappa shape index (κ3) is 4.67. The molecular formula is C16H23NO2. The highest BCUT2D eigenvalue weighted by Crippen LogP contribution is 2.16. The molecule has 3 heteroatoms. The van der Waals surface area contributed by atoms with Crippen LogP contribution in [0.4, 0.5) is 0 Å². The van der Waals surface area contributed by atoms with E-state index in [-0.39, 0.29) is 12.1 Å². The van der Waals surface area contributed by atoms with Gasteiger partial charge in [0.25, 0.3) is 0 Å². The van der Waals surface area contributed by atoms with E-state index in [1.807, 2.05) is 13.0 Å². The van der Waals surface area contributed by atoms with E-state index in [4.69, 9.17) is 4.74 Å². The van der Waals surface area contributed by atoms with E-state index < -0.39 is 0 Å². The molecule has 1 saturated heterocycles. The Labute approximate surface area is 115 Å². The van der Waals surface area contributed by atoms with Gasteiger partial charge in [-0.15, -0.1) is 0 Å². The van der Waals surface area contributed by atoms with Crippen LogP contribution in [0.5, 0.6) is 0 Å². The molecule has 1 aromatic rings. The van der Waals surface area contributed by atoms with E-state index >= 15 is 0 Å². The second-order valence-electron chi connectivity index (χ2n) is 5.22. The quantitative estimate of drug-likeness (QED) is 0.763. The molecule has 0 radical (unpaired) electrons. The summed E-state index contributed by atoms with van der Waals surface area (Å²) in [5.41, 5.74) is 1.32. The van der Waals surface area contributed by atoms with Crippen molar-refractivity contribution in [2.75, 3.05) is 13.1 Å². The maximum Gasteiger partial charge on any atom is 0.306 e. The minimum Gasteiger partial charge on any atom is -0.461 e. The summed E-state index contributed by atoms with van der Waals surface area (Å²) in [6, 6.07) is 10.5. The molecular weight excluding hydrogens is 238 g/mol. The second kappa shape index (κ2) is 7.29. The maximum absolute atomic E-state index is 11.5. The third-order valence-corrected chi connectivity index (χ3v) is 3.46. The van der Waals surface area contributed by atoms with E-state index in [1.165, 1.54) is 5.56 Å². The zero-order chi connectivity index (χ0) is 13.5. The predicted octanol–water partition coefficient (Wildman–Crippen LogP) is 2.99. The highest BCUT2D eigenvalue weighted by Gasteiger charge is 2.22.